The van der Waals surface area contributed by atoms with Crippen LogP contribution in [0, 0.1) is 11.6 Å². The molecule has 6 rings (SSSR count). The Balaban J connectivity index is 1.52. The third kappa shape index (κ3) is 4.28. The van der Waals surface area contributed by atoms with E-state index in [-0.39, 0.29) is 23.7 Å². The number of halogens is 4. The fourth-order valence-electron chi connectivity index (χ4n) is 5.87. The summed E-state index contributed by atoms with van der Waals surface area (Å²) >= 11 is 0. The number of amides is 1. The zero-order valence-electron chi connectivity index (χ0n) is 21.7. The van der Waals surface area contributed by atoms with Gasteiger partial charge in [-0.2, -0.15) is 8.78 Å². The second-order valence-electron chi connectivity index (χ2n) is 10.6. The molecule has 1 aliphatic carbocycles. The molecule has 1 amide bonds. The van der Waals surface area contributed by atoms with Gasteiger partial charge in [0.25, 0.3) is 11.8 Å². The molecule has 11 heteroatoms. The van der Waals surface area contributed by atoms with Crippen molar-refractivity contribution in [1.29, 1.82) is 0 Å². The quantitative estimate of drug-likeness (QED) is 0.388. The first-order valence-corrected chi connectivity index (χ1v) is 13.2. The lowest BCUT2D eigenvalue weighted by atomic mass is 9.82. The van der Waals surface area contributed by atoms with Crippen molar-refractivity contribution in [2.75, 3.05) is 18.0 Å². The average molecular weight is 541 g/mol. The zero-order chi connectivity index (χ0) is 27.5. The summed E-state index contributed by atoms with van der Waals surface area (Å²) in [4.78, 5) is 31.1. The van der Waals surface area contributed by atoms with E-state index in [9.17, 15) is 22.4 Å². The number of fused-ring (bicyclic) bond motifs is 3. The van der Waals surface area contributed by atoms with Crippen molar-refractivity contribution in [3.05, 3.63) is 65.1 Å². The van der Waals surface area contributed by atoms with Crippen LogP contribution in [-0.2, 0) is 12.5 Å². The summed E-state index contributed by atoms with van der Waals surface area (Å²) < 4.78 is 57.3. The van der Waals surface area contributed by atoms with Crippen molar-refractivity contribution in [3.8, 4) is 11.4 Å². The Kier molecular flexibility index (Phi) is 6.00. The summed E-state index contributed by atoms with van der Waals surface area (Å²) in [6, 6.07) is 6.34. The average Bonchev–Trinajstić information content (AvgIpc) is 3.45. The Morgan fingerprint density at radius 3 is 2.46 bits per heavy atom. The van der Waals surface area contributed by atoms with E-state index in [0.717, 1.165) is 51.2 Å². The van der Waals surface area contributed by atoms with E-state index in [2.05, 4.69) is 4.98 Å². The number of imidazole rings is 1. The lowest BCUT2D eigenvalue weighted by Gasteiger charge is -2.35. The molecular formula is C28H28F4N6O. The minimum absolute atomic E-state index is 0.0662. The lowest BCUT2D eigenvalue weighted by molar-refractivity contribution is 0.0128. The second kappa shape index (κ2) is 9.17. The molecule has 3 aromatic rings. The molecule has 4 heterocycles. The van der Waals surface area contributed by atoms with E-state index >= 15 is 0 Å². The van der Waals surface area contributed by atoms with Crippen molar-refractivity contribution < 1.29 is 22.4 Å². The number of hydrogen-bond acceptors (Lipinski definition) is 5. The first-order valence-electron chi connectivity index (χ1n) is 13.2. The third-order valence-corrected chi connectivity index (χ3v) is 7.81. The fraction of sp³-hybridized carbons (Fsp3) is 0.429. The van der Waals surface area contributed by atoms with Gasteiger partial charge in [0.2, 0.25) is 5.96 Å². The molecule has 1 fully saturated rings. The Hall–Kier alpha value is -3.76. The Morgan fingerprint density at radius 2 is 1.82 bits per heavy atom. The molecule has 1 spiro atoms. The van der Waals surface area contributed by atoms with Crippen LogP contribution in [0.3, 0.4) is 0 Å². The Bertz CT molecular complexity index is 1470. The molecule has 0 N–H and O–H groups in total. The van der Waals surface area contributed by atoms with E-state index in [1.165, 1.54) is 24.4 Å². The van der Waals surface area contributed by atoms with Crippen LogP contribution in [0.5, 0.6) is 0 Å². The maximum Gasteiger partial charge on any atom is 0.286 e. The highest BCUT2D eigenvalue weighted by atomic mass is 19.3. The minimum Gasteiger partial charge on any atom is -0.305 e. The molecule has 2 aromatic heterocycles. The van der Waals surface area contributed by atoms with Gasteiger partial charge in [0.05, 0.1) is 18.6 Å². The van der Waals surface area contributed by atoms with Gasteiger partial charge in [0, 0.05) is 25.2 Å². The smallest absolute Gasteiger partial charge is 0.286 e. The van der Waals surface area contributed by atoms with Crippen LogP contribution < -0.4 is 4.90 Å². The van der Waals surface area contributed by atoms with Crippen molar-refractivity contribution in [2.45, 2.75) is 64.0 Å². The van der Waals surface area contributed by atoms with Crippen LogP contribution in [0.15, 0.2) is 41.5 Å². The number of pyridine rings is 1. The number of guanidine groups is 1. The van der Waals surface area contributed by atoms with E-state index < -0.39 is 23.3 Å². The number of carbonyl (C=O) groups is 1. The van der Waals surface area contributed by atoms with Crippen molar-refractivity contribution >= 4 is 17.7 Å². The number of carbonyl (C=O) groups excluding carboxylic acids is 1. The van der Waals surface area contributed by atoms with Gasteiger partial charge >= 0.3 is 0 Å². The van der Waals surface area contributed by atoms with Gasteiger partial charge in [0.15, 0.2) is 17.3 Å². The third-order valence-electron chi connectivity index (χ3n) is 7.81. The molecule has 0 radical (unpaired) electrons. The SMILES string of the molecule is CCN1C(=O)c2nc(-c3ccc(C(C)(F)F)nc3)n(Cc3ccc(F)c(F)c3)c2N2CC3(CCCCC3)N=C12. The number of hydrogen-bond donors (Lipinski definition) is 0. The predicted molar refractivity (Wildman–Crippen MR) is 138 cm³/mol. The number of nitrogens with zero attached hydrogens (tertiary/aromatic N) is 6. The molecule has 204 valence electrons. The summed E-state index contributed by atoms with van der Waals surface area (Å²) in [6.07, 6.45) is 6.37. The molecule has 0 saturated heterocycles. The molecule has 2 aliphatic heterocycles. The number of anilines is 1. The van der Waals surface area contributed by atoms with Gasteiger partial charge in [-0.05, 0) is 49.6 Å². The monoisotopic (exact) mass is 540 g/mol. The molecule has 0 bridgehead atoms. The fourth-order valence-corrected chi connectivity index (χ4v) is 5.87. The van der Waals surface area contributed by atoms with Gasteiger partial charge in [-0.15, -0.1) is 0 Å². The van der Waals surface area contributed by atoms with E-state index in [0.29, 0.717) is 41.8 Å². The van der Waals surface area contributed by atoms with Crippen LogP contribution in [-0.4, -0.2) is 49.9 Å². The van der Waals surface area contributed by atoms with Crippen molar-refractivity contribution in [3.63, 3.8) is 0 Å². The highest BCUT2D eigenvalue weighted by molar-refractivity contribution is 6.18. The summed E-state index contributed by atoms with van der Waals surface area (Å²) in [5, 5.41) is 0. The Labute approximate surface area is 223 Å². The summed E-state index contributed by atoms with van der Waals surface area (Å²) in [5.41, 5.74) is 0.370. The molecular weight excluding hydrogens is 512 g/mol. The van der Waals surface area contributed by atoms with Gasteiger partial charge < -0.3 is 4.57 Å². The van der Waals surface area contributed by atoms with Gasteiger partial charge in [-0.25, -0.2) is 18.8 Å². The number of rotatable bonds is 5. The van der Waals surface area contributed by atoms with Crippen LogP contribution >= 0.6 is 0 Å². The maximum atomic E-state index is 14.2. The topological polar surface area (TPSA) is 66.6 Å². The first-order chi connectivity index (χ1) is 18.6. The van der Waals surface area contributed by atoms with Crippen molar-refractivity contribution in [1.82, 2.24) is 19.4 Å². The highest BCUT2D eigenvalue weighted by Crippen LogP contribution is 2.43. The minimum atomic E-state index is -3.12. The maximum absolute atomic E-state index is 14.2. The number of aliphatic imine (C=N–C) groups is 1. The van der Waals surface area contributed by atoms with E-state index in [4.69, 9.17) is 9.98 Å². The molecule has 1 saturated carbocycles. The molecule has 0 unspecified atom stereocenters. The van der Waals surface area contributed by atoms with Gasteiger partial charge in [-0.3, -0.25) is 19.6 Å². The summed E-state index contributed by atoms with van der Waals surface area (Å²) in [6.45, 7) is 3.68. The van der Waals surface area contributed by atoms with Crippen molar-refractivity contribution in [2.24, 2.45) is 4.99 Å². The molecule has 7 nitrogen and oxygen atoms in total. The van der Waals surface area contributed by atoms with Gasteiger partial charge in [-0.1, -0.05) is 25.3 Å². The zero-order valence-corrected chi connectivity index (χ0v) is 21.7. The number of alkyl halides is 2. The summed E-state index contributed by atoms with van der Waals surface area (Å²) in [7, 11) is 0. The van der Waals surface area contributed by atoms with Gasteiger partial charge in [0.1, 0.15) is 17.3 Å². The molecule has 1 aromatic carbocycles. The molecule has 3 aliphatic rings. The largest absolute Gasteiger partial charge is 0.305 e. The Morgan fingerprint density at radius 1 is 1.05 bits per heavy atom. The number of aromatic nitrogens is 3. The first kappa shape index (κ1) is 25.5. The van der Waals surface area contributed by atoms with E-state index in [1.54, 1.807) is 9.47 Å². The predicted octanol–water partition coefficient (Wildman–Crippen LogP) is 5.74. The summed E-state index contributed by atoms with van der Waals surface area (Å²) in [5.74, 6) is -4.00. The van der Waals surface area contributed by atoms with Crippen LogP contribution in [0.25, 0.3) is 11.4 Å². The van der Waals surface area contributed by atoms with Crippen LogP contribution in [0.4, 0.5) is 23.4 Å². The number of benzene rings is 1. The molecule has 39 heavy (non-hydrogen) atoms. The highest BCUT2D eigenvalue weighted by Gasteiger charge is 2.49. The molecule has 0 atom stereocenters. The van der Waals surface area contributed by atoms with Crippen LogP contribution in [0.1, 0.15) is 67.7 Å². The second-order valence-corrected chi connectivity index (χ2v) is 10.6. The van der Waals surface area contributed by atoms with E-state index in [1.807, 2.05) is 11.8 Å². The standard InChI is InChI=1S/C28H28F4N6O/c1-3-36-25(39)22-24(38-16-28(35-26(36)38)11-5-4-6-12-28)37(15-17-7-9-19(29)20(30)13-17)23(34-22)18-8-10-21(33-14-18)27(2,31)32/h7-10,13-14H,3-6,11-12,15-16H2,1-2H3. The van der Waals surface area contributed by atoms with Crippen LogP contribution in [0.2, 0.25) is 0 Å². The lowest BCUT2D eigenvalue weighted by Crippen LogP contribution is -2.51. The normalized spacial score (nSPS) is 18.4.